The third kappa shape index (κ3) is 3.35. The van der Waals surface area contributed by atoms with E-state index in [1.165, 1.54) is 6.07 Å². The van der Waals surface area contributed by atoms with Crippen LogP contribution in [0.25, 0.3) is 0 Å². The van der Waals surface area contributed by atoms with Gasteiger partial charge in [-0.2, -0.15) is 0 Å². The van der Waals surface area contributed by atoms with E-state index >= 15 is 0 Å². The molecule has 2 aromatic rings. The van der Waals surface area contributed by atoms with Crippen LogP contribution < -0.4 is 14.8 Å². The average molecular weight is 373 g/mol. The van der Waals surface area contributed by atoms with E-state index in [-0.39, 0.29) is 23.5 Å². The van der Waals surface area contributed by atoms with E-state index in [0.717, 1.165) is 24.7 Å². The summed E-state index contributed by atoms with van der Waals surface area (Å²) in [6, 6.07) is 7.03. The Hall–Kier alpha value is -3.00. The van der Waals surface area contributed by atoms with Gasteiger partial charge in [-0.05, 0) is 30.5 Å². The van der Waals surface area contributed by atoms with Gasteiger partial charge in [0, 0.05) is 31.2 Å². The molecule has 1 aromatic carbocycles. The number of rotatable bonds is 5. The molecule has 0 atom stereocenters. The lowest BCUT2D eigenvalue weighted by atomic mass is 9.74. The number of carbonyl (C=O) groups excluding carboxylic acids is 1. The summed E-state index contributed by atoms with van der Waals surface area (Å²) in [7, 11) is 0. The number of carbonyl (C=O) groups is 2. The highest BCUT2D eigenvalue weighted by Gasteiger charge is 2.36. The SMILES string of the molecule is O=C(O)c1coc(C(=O)NCC2(c3ccc4c(c3)OCO4)CCOCC2)c1. The highest BCUT2D eigenvalue weighted by molar-refractivity contribution is 5.95. The number of carboxylic acids is 1. The summed E-state index contributed by atoms with van der Waals surface area (Å²) in [6.07, 6.45) is 2.54. The highest BCUT2D eigenvalue weighted by Crippen LogP contribution is 2.40. The predicted molar refractivity (Wildman–Crippen MR) is 92.3 cm³/mol. The van der Waals surface area contributed by atoms with Crippen molar-refractivity contribution in [2.45, 2.75) is 18.3 Å². The number of hydrogen-bond donors (Lipinski definition) is 2. The number of nitrogens with one attached hydrogen (secondary N) is 1. The first kappa shape index (κ1) is 17.4. The van der Waals surface area contributed by atoms with Gasteiger partial charge in [0.05, 0.1) is 5.56 Å². The van der Waals surface area contributed by atoms with E-state index in [0.29, 0.717) is 31.3 Å². The molecule has 0 saturated carbocycles. The molecule has 2 aliphatic rings. The molecule has 8 nitrogen and oxygen atoms in total. The fraction of sp³-hybridized carbons (Fsp3) is 0.368. The second-order valence-corrected chi connectivity index (χ2v) is 6.65. The van der Waals surface area contributed by atoms with Gasteiger partial charge in [0.1, 0.15) is 6.26 Å². The normalized spacial score (nSPS) is 17.5. The molecule has 3 heterocycles. The van der Waals surface area contributed by atoms with E-state index in [1.807, 2.05) is 18.2 Å². The second-order valence-electron chi connectivity index (χ2n) is 6.65. The summed E-state index contributed by atoms with van der Waals surface area (Å²) in [6.45, 7) is 1.76. The van der Waals surface area contributed by atoms with Crippen LogP contribution >= 0.6 is 0 Å². The number of furan rings is 1. The lowest BCUT2D eigenvalue weighted by Gasteiger charge is -2.38. The van der Waals surface area contributed by atoms with Crippen molar-refractivity contribution in [3.8, 4) is 11.5 Å². The van der Waals surface area contributed by atoms with Crippen LogP contribution in [0.4, 0.5) is 0 Å². The van der Waals surface area contributed by atoms with Crippen molar-refractivity contribution in [1.82, 2.24) is 5.32 Å². The van der Waals surface area contributed by atoms with Gasteiger partial charge in [-0.3, -0.25) is 4.79 Å². The molecule has 1 amide bonds. The third-order valence-corrected chi connectivity index (χ3v) is 5.09. The Kier molecular flexibility index (Phi) is 4.49. The van der Waals surface area contributed by atoms with E-state index in [1.54, 1.807) is 0 Å². The lowest BCUT2D eigenvalue weighted by Crippen LogP contribution is -2.44. The largest absolute Gasteiger partial charge is 0.478 e. The molecule has 2 N–H and O–H groups in total. The van der Waals surface area contributed by atoms with Crippen molar-refractivity contribution >= 4 is 11.9 Å². The minimum Gasteiger partial charge on any atom is -0.478 e. The Balaban J connectivity index is 1.53. The Morgan fingerprint density at radius 1 is 1.11 bits per heavy atom. The van der Waals surface area contributed by atoms with Crippen LogP contribution in [0.2, 0.25) is 0 Å². The Morgan fingerprint density at radius 3 is 2.63 bits per heavy atom. The fourth-order valence-electron chi connectivity index (χ4n) is 3.46. The topological polar surface area (TPSA) is 107 Å². The quantitative estimate of drug-likeness (QED) is 0.827. The molecule has 1 aromatic heterocycles. The van der Waals surface area contributed by atoms with Gasteiger partial charge < -0.3 is 29.1 Å². The summed E-state index contributed by atoms with van der Waals surface area (Å²) in [5.41, 5.74) is 0.676. The van der Waals surface area contributed by atoms with Gasteiger partial charge in [-0.1, -0.05) is 6.07 Å². The van der Waals surface area contributed by atoms with Crippen LogP contribution in [0.3, 0.4) is 0 Å². The minimum absolute atomic E-state index is 0.0275. The molecular formula is C19H19NO7. The maximum absolute atomic E-state index is 12.4. The molecule has 0 bridgehead atoms. The van der Waals surface area contributed by atoms with Crippen LogP contribution in [0, 0.1) is 0 Å². The number of amides is 1. The van der Waals surface area contributed by atoms with E-state index in [9.17, 15) is 9.59 Å². The molecule has 27 heavy (non-hydrogen) atoms. The van der Waals surface area contributed by atoms with E-state index < -0.39 is 11.9 Å². The van der Waals surface area contributed by atoms with E-state index in [4.69, 9.17) is 23.7 Å². The molecule has 8 heteroatoms. The molecule has 0 spiro atoms. The monoisotopic (exact) mass is 373 g/mol. The van der Waals surface area contributed by atoms with Crippen molar-refractivity contribution in [2.75, 3.05) is 26.6 Å². The number of fused-ring (bicyclic) bond motifs is 1. The summed E-state index contributed by atoms with van der Waals surface area (Å²) in [4.78, 5) is 23.4. The fourth-order valence-corrected chi connectivity index (χ4v) is 3.46. The summed E-state index contributed by atoms with van der Waals surface area (Å²) >= 11 is 0. The Bertz CT molecular complexity index is 867. The predicted octanol–water partition coefficient (Wildman–Crippen LogP) is 2.18. The number of hydrogen-bond acceptors (Lipinski definition) is 6. The zero-order valence-corrected chi connectivity index (χ0v) is 14.5. The summed E-state index contributed by atoms with van der Waals surface area (Å²) < 4.78 is 21.4. The number of carboxylic acid groups (broad SMARTS) is 1. The van der Waals surface area contributed by atoms with Gasteiger partial charge in [-0.25, -0.2) is 4.79 Å². The molecule has 1 fully saturated rings. The third-order valence-electron chi connectivity index (χ3n) is 5.09. The van der Waals surface area contributed by atoms with Crippen LogP contribution in [0.1, 0.15) is 39.3 Å². The zero-order valence-electron chi connectivity index (χ0n) is 14.5. The van der Waals surface area contributed by atoms with Crippen molar-refractivity contribution in [3.63, 3.8) is 0 Å². The smallest absolute Gasteiger partial charge is 0.338 e. The molecule has 1 saturated heterocycles. The molecule has 2 aliphatic heterocycles. The van der Waals surface area contributed by atoms with Crippen LogP contribution in [0.15, 0.2) is 34.9 Å². The summed E-state index contributed by atoms with van der Waals surface area (Å²) in [5, 5.41) is 11.8. The molecule has 0 aliphatic carbocycles. The molecule has 142 valence electrons. The standard InChI is InChI=1S/C19H19NO7/c21-17(16-7-12(9-25-16)18(22)23)20-10-19(3-5-24-6-4-19)13-1-2-14-15(8-13)27-11-26-14/h1-2,7-9H,3-6,10-11H2,(H,20,21)(H,22,23). The first-order valence-electron chi connectivity index (χ1n) is 8.65. The zero-order chi connectivity index (χ0) is 18.9. The average Bonchev–Trinajstić information content (AvgIpc) is 3.35. The number of aromatic carboxylic acids is 1. The van der Waals surface area contributed by atoms with Crippen molar-refractivity contribution in [3.05, 3.63) is 47.4 Å². The Morgan fingerprint density at radius 2 is 1.89 bits per heavy atom. The lowest BCUT2D eigenvalue weighted by molar-refractivity contribution is 0.0484. The molecule has 0 unspecified atom stereocenters. The van der Waals surface area contributed by atoms with Crippen molar-refractivity contribution < 1.29 is 33.3 Å². The second kappa shape index (κ2) is 6.96. The first-order valence-corrected chi connectivity index (χ1v) is 8.65. The van der Waals surface area contributed by atoms with Crippen molar-refractivity contribution in [1.29, 1.82) is 0 Å². The Labute approximate surface area is 155 Å². The maximum atomic E-state index is 12.4. The van der Waals surface area contributed by atoms with Gasteiger partial charge in [0.25, 0.3) is 5.91 Å². The molecule has 4 rings (SSSR count). The minimum atomic E-state index is -1.14. The van der Waals surface area contributed by atoms with Crippen molar-refractivity contribution in [2.24, 2.45) is 0 Å². The first-order chi connectivity index (χ1) is 13.1. The van der Waals surface area contributed by atoms with Crippen LogP contribution in [-0.2, 0) is 10.2 Å². The van der Waals surface area contributed by atoms with Gasteiger partial charge in [-0.15, -0.1) is 0 Å². The van der Waals surface area contributed by atoms with Gasteiger partial charge >= 0.3 is 5.97 Å². The molecular weight excluding hydrogens is 354 g/mol. The summed E-state index contributed by atoms with van der Waals surface area (Å²) in [5.74, 6) is -0.211. The highest BCUT2D eigenvalue weighted by atomic mass is 16.7. The van der Waals surface area contributed by atoms with Gasteiger partial charge in [0.15, 0.2) is 17.3 Å². The van der Waals surface area contributed by atoms with Gasteiger partial charge in [0.2, 0.25) is 6.79 Å². The van der Waals surface area contributed by atoms with E-state index in [2.05, 4.69) is 5.32 Å². The number of benzene rings is 1. The molecule has 0 radical (unpaired) electrons. The van der Waals surface area contributed by atoms with Crippen LogP contribution in [-0.4, -0.2) is 43.5 Å². The number of ether oxygens (including phenoxy) is 3. The van der Waals surface area contributed by atoms with Crippen LogP contribution in [0.5, 0.6) is 11.5 Å². The maximum Gasteiger partial charge on any atom is 0.338 e.